The number of carbonyl (C=O) groups excluding carboxylic acids is 2. The first-order chi connectivity index (χ1) is 10.7. The highest BCUT2D eigenvalue weighted by molar-refractivity contribution is 5.89. The van der Waals surface area contributed by atoms with E-state index in [1.54, 1.807) is 55.5 Å². The summed E-state index contributed by atoms with van der Waals surface area (Å²) in [6.07, 6.45) is -0.527. The van der Waals surface area contributed by atoms with Gasteiger partial charge >= 0.3 is 12.1 Å². The third-order valence-electron chi connectivity index (χ3n) is 2.86. The van der Waals surface area contributed by atoms with Crippen LogP contribution in [0, 0.1) is 0 Å². The summed E-state index contributed by atoms with van der Waals surface area (Å²) in [4.78, 5) is 23.2. The highest BCUT2D eigenvalue weighted by Crippen LogP contribution is 2.09. The van der Waals surface area contributed by atoms with E-state index >= 15 is 0 Å². The van der Waals surface area contributed by atoms with Crippen LogP contribution in [0.5, 0.6) is 5.75 Å². The Morgan fingerprint density at radius 3 is 2.32 bits per heavy atom. The molecule has 0 bridgehead atoms. The lowest BCUT2D eigenvalue weighted by Gasteiger charge is -2.07. The Balaban J connectivity index is 1.84. The predicted molar refractivity (Wildman–Crippen MR) is 81.7 cm³/mol. The van der Waals surface area contributed by atoms with Gasteiger partial charge in [0.2, 0.25) is 0 Å². The van der Waals surface area contributed by atoms with Gasteiger partial charge in [-0.2, -0.15) is 0 Å². The van der Waals surface area contributed by atoms with Crippen LogP contribution in [-0.2, 0) is 11.3 Å². The van der Waals surface area contributed by atoms with Gasteiger partial charge in [0, 0.05) is 6.54 Å². The summed E-state index contributed by atoms with van der Waals surface area (Å²) in [6.45, 7) is 2.41. The molecule has 2 aromatic rings. The van der Waals surface area contributed by atoms with E-state index in [0.29, 0.717) is 24.5 Å². The van der Waals surface area contributed by atoms with Crippen molar-refractivity contribution in [3.05, 3.63) is 65.7 Å². The summed E-state index contributed by atoms with van der Waals surface area (Å²) in [7, 11) is 0. The monoisotopic (exact) mass is 299 g/mol. The molecule has 0 aliphatic heterocycles. The van der Waals surface area contributed by atoms with Crippen molar-refractivity contribution >= 4 is 12.1 Å². The van der Waals surface area contributed by atoms with Gasteiger partial charge in [-0.3, -0.25) is 0 Å². The molecule has 0 saturated heterocycles. The summed E-state index contributed by atoms with van der Waals surface area (Å²) in [5, 5.41) is 2.64. The lowest BCUT2D eigenvalue weighted by Crippen LogP contribution is -2.26. The summed E-state index contributed by atoms with van der Waals surface area (Å²) in [5.74, 6) is 0.128. The Hall–Kier alpha value is -2.82. The van der Waals surface area contributed by atoms with E-state index in [1.165, 1.54) is 0 Å². The van der Waals surface area contributed by atoms with Crippen LogP contribution >= 0.6 is 0 Å². The van der Waals surface area contributed by atoms with Gasteiger partial charge in [0.25, 0.3) is 0 Å². The molecular weight excluding hydrogens is 282 g/mol. The van der Waals surface area contributed by atoms with Gasteiger partial charge in [-0.25, -0.2) is 9.59 Å². The Bertz CT molecular complexity index is 623. The molecule has 0 spiro atoms. The number of amides is 1. The average molecular weight is 299 g/mol. The van der Waals surface area contributed by atoms with Crippen LogP contribution in [0.3, 0.4) is 0 Å². The molecule has 0 atom stereocenters. The Labute approximate surface area is 128 Å². The fourth-order valence-corrected chi connectivity index (χ4v) is 1.78. The van der Waals surface area contributed by atoms with E-state index in [0.717, 1.165) is 5.56 Å². The molecular formula is C17H17NO4. The van der Waals surface area contributed by atoms with Crippen LogP contribution in [0.4, 0.5) is 4.79 Å². The zero-order chi connectivity index (χ0) is 15.8. The molecule has 22 heavy (non-hydrogen) atoms. The van der Waals surface area contributed by atoms with E-state index in [4.69, 9.17) is 9.47 Å². The zero-order valence-electron chi connectivity index (χ0n) is 12.2. The maximum atomic E-state index is 11.6. The van der Waals surface area contributed by atoms with Crippen molar-refractivity contribution in [1.29, 1.82) is 0 Å². The third-order valence-corrected chi connectivity index (χ3v) is 2.86. The van der Waals surface area contributed by atoms with Gasteiger partial charge in [0.15, 0.2) is 0 Å². The first-order valence-corrected chi connectivity index (χ1v) is 6.96. The molecule has 0 unspecified atom stereocenters. The molecule has 0 aliphatic carbocycles. The lowest BCUT2D eigenvalue weighted by atomic mass is 10.1. The third kappa shape index (κ3) is 4.63. The van der Waals surface area contributed by atoms with Crippen molar-refractivity contribution in [3.8, 4) is 5.75 Å². The average Bonchev–Trinajstić information content (AvgIpc) is 2.54. The molecule has 1 N–H and O–H groups in total. The second kappa shape index (κ2) is 7.83. The summed E-state index contributed by atoms with van der Waals surface area (Å²) in [5.41, 5.74) is 1.34. The number of ether oxygens (including phenoxy) is 2. The first-order valence-electron chi connectivity index (χ1n) is 6.96. The normalized spacial score (nSPS) is 9.86. The van der Waals surface area contributed by atoms with Crippen molar-refractivity contribution in [3.63, 3.8) is 0 Å². The number of nitrogens with one attached hydrogen (secondary N) is 1. The minimum absolute atomic E-state index is 0.314. The molecule has 0 heterocycles. The van der Waals surface area contributed by atoms with E-state index < -0.39 is 6.09 Å². The molecule has 5 heteroatoms. The van der Waals surface area contributed by atoms with Crippen molar-refractivity contribution in [2.45, 2.75) is 13.5 Å². The number of benzene rings is 2. The molecule has 5 nitrogen and oxygen atoms in total. The molecule has 114 valence electrons. The zero-order valence-corrected chi connectivity index (χ0v) is 12.2. The smallest absolute Gasteiger partial charge is 0.412 e. The quantitative estimate of drug-likeness (QED) is 0.861. The van der Waals surface area contributed by atoms with Crippen molar-refractivity contribution in [2.75, 3.05) is 6.61 Å². The number of para-hydroxylation sites is 1. The van der Waals surface area contributed by atoms with Crippen molar-refractivity contribution < 1.29 is 19.1 Å². The van der Waals surface area contributed by atoms with Gasteiger partial charge in [0.1, 0.15) is 5.75 Å². The van der Waals surface area contributed by atoms with Crippen LogP contribution in [0.15, 0.2) is 54.6 Å². The molecule has 0 radical (unpaired) electrons. The van der Waals surface area contributed by atoms with Gasteiger partial charge in [-0.05, 0) is 36.8 Å². The highest BCUT2D eigenvalue weighted by atomic mass is 16.6. The van der Waals surface area contributed by atoms with E-state index in [9.17, 15) is 9.59 Å². The number of rotatable bonds is 5. The molecule has 0 saturated carbocycles. The standard InChI is InChI=1S/C17H17NO4/c1-2-21-16(19)14-10-8-13(9-11-14)12-18-17(20)22-15-6-4-3-5-7-15/h3-11H,2,12H2,1H3,(H,18,20). The van der Waals surface area contributed by atoms with Gasteiger partial charge < -0.3 is 14.8 Å². The fourth-order valence-electron chi connectivity index (χ4n) is 1.78. The van der Waals surface area contributed by atoms with Gasteiger partial charge in [0.05, 0.1) is 12.2 Å². The maximum absolute atomic E-state index is 11.6. The minimum atomic E-state index is -0.527. The van der Waals surface area contributed by atoms with Crippen LogP contribution in [0.25, 0.3) is 0 Å². The molecule has 0 aromatic heterocycles. The molecule has 0 aliphatic rings. The maximum Gasteiger partial charge on any atom is 0.412 e. The fraction of sp³-hybridized carbons (Fsp3) is 0.176. The van der Waals surface area contributed by atoms with Crippen LogP contribution < -0.4 is 10.1 Å². The number of hydrogen-bond acceptors (Lipinski definition) is 4. The number of hydrogen-bond donors (Lipinski definition) is 1. The molecule has 1 amide bonds. The second-order valence-corrected chi connectivity index (χ2v) is 4.47. The van der Waals surface area contributed by atoms with Gasteiger partial charge in [-0.1, -0.05) is 30.3 Å². The molecule has 2 aromatic carbocycles. The predicted octanol–water partition coefficient (Wildman–Crippen LogP) is 3.15. The van der Waals surface area contributed by atoms with E-state index in [-0.39, 0.29) is 5.97 Å². The topological polar surface area (TPSA) is 64.6 Å². The summed E-state index contributed by atoms with van der Waals surface area (Å²) < 4.78 is 10.0. The SMILES string of the molecule is CCOC(=O)c1ccc(CNC(=O)Oc2ccccc2)cc1. The molecule has 0 fully saturated rings. The van der Waals surface area contributed by atoms with Crippen LogP contribution in [-0.4, -0.2) is 18.7 Å². The van der Waals surface area contributed by atoms with Crippen LogP contribution in [0.1, 0.15) is 22.8 Å². The Kier molecular flexibility index (Phi) is 5.54. The van der Waals surface area contributed by atoms with Crippen molar-refractivity contribution in [2.24, 2.45) is 0 Å². The number of esters is 1. The van der Waals surface area contributed by atoms with E-state index in [1.807, 2.05) is 6.07 Å². The largest absolute Gasteiger partial charge is 0.462 e. The Morgan fingerprint density at radius 1 is 1.00 bits per heavy atom. The Morgan fingerprint density at radius 2 is 1.68 bits per heavy atom. The van der Waals surface area contributed by atoms with Crippen molar-refractivity contribution in [1.82, 2.24) is 5.32 Å². The lowest BCUT2D eigenvalue weighted by molar-refractivity contribution is 0.0526. The van der Waals surface area contributed by atoms with Gasteiger partial charge in [-0.15, -0.1) is 0 Å². The number of carbonyl (C=O) groups is 2. The highest BCUT2D eigenvalue weighted by Gasteiger charge is 2.07. The summed E-state index contributed by atoms with van der Waals surface area (Å²) in [6, 6.07) is 15.7. The summed E-state index contributed by atoms with van der Waals surface area (Å²) >= 11 is 0. The van der Waals surface area contributed by atoms with Crippen LogP contribution in [0.2, 0.25) is 0 Å². The minimum Gasteiger partial charge on any atom is -0.462 e. The second-order valence-electron chi connectivity index (χ2n) is 4.47. The first kappa shape index (κ1) is 15.6. The van der Waals surface area contributed by atoms with E-state index in [2.05, 4.69) is 5.32 Å². The molecule has 2 rings (SSSR count).